The third kappa shape index (κ3) is 3.16. The van der Waals surface area contributed by atoms with Gasteiger partial charge in [-0.2, -0.15) is 0 Å². The summed E-state index contributed by atoms with van der Waals surface area (Å²) in [6.07, 6.45) is 0.941. The Kier molecular flexibility index (Phi) is 3.22. The number of rotatable bonds is 2. The first-order chi connectivity index (χ1) is 7.12. The van der Waals surface area contributed by atoms with Gasteiger partial charge in [-0.05, 0) is 35.4 Å². The number of hydrogen-bond donors (Lipinski definition) is 2. The van der Waals surface area contributed by atoms with Crippen molar-refractivity contribution in [1.82, 2.24) is 0 Å². The van der Waals surface area contributed by atoms with E-state index in [-0.39, 0.29) is 22.3 Å². The molecule has 1 aromatic carbocycles. The molecule has 0 fully saturated rings. The second kappa shape index (κ2) is 4.00. The van der Waals surface area contributed by atoms with Gasteiger partial charge in [0.1, 0.15) is 11.5 Å². The molecule has 0 unspecified atom stereocenters. The lowest BCUT2D eigenvalue weighted by atomic mass is 9.72. The zero-order valence-electron chi connectivity index (χ0n) is 10.8. The maximum Gasteiger partial charge on any atom is 0.119 e. The molecule has 0 aliphatic heterocycles. The Morgan fingerprint density at radius 2 is 1.56 bits per heavy atom. The number of aromatic hydroxyl groups is 2. The van der Waals surface area contributed by atoms with Crippen molar-refractivity contribution in [3.63, 3.8) is 0 Å². The first-order valence-corrected chi connectivity index (χ1v) is 5.64. The number of hydrogen-bond acceptors (Lipinski definition) is 2. The minimum Gasteiger partial charge on any atom is -0.508 e. The monoisotopic (exact) mass is 222 g/mol. The Hall–Kier alpha value is -1.18. The van der Waals surface area contributed by atoms with Crippen molar-refractivity contribution in [3.05, 3.63) is 23.8 Å². The van der Waals surface area contributed by atoms with Crippen molar-refractivity contribution in [2.75, 3.05) is 0 Å². The van der Waals surface area contributed by atoms with Crippen LogP contribution in [0.2, 0.25) is 0 Å². The molecule has 1 rings (SSSR count). The lowest BCUT2D eigenvalue weighted by molar-refractivity contribution is 0.278. The molecule has 0 saturated carbocycles. The Balaban J connectivity index is 3.11. The van der Waals surface area contributed by atoms with Crippen LogP contribution in [0.25, 0.3) is 0 Å². The van der Waals surface area contributed by atoms with Crippen molar-refractivity contribution in [2.45, 2.75) is 46.5 Å². The molecular formula is C14H22O2. The van der Waals surface area contributed by atoms with E-state index in [1.54, 1.807) is 12.1 Å². The molecule has 2 N–H and O–H groups in total. The Morgan fingerprint density at radius 3 is 2.06 bits per heavy atom. The smallest absolute Gasteiger partial charge is 0.119 e. The molecule has 0 radical (unpaired) electrons. The van der Waals surface area contributed by atoms with Crippen LogP contribution < -0.4 is 0 Å². The topological polar surface area (TPSA) is 40.5 Å². The predicted octanol–water partition coefficient (Wildman–Crippen LogP) is 3.81. The van der Waals surface area contributed by atoms with Gasteiger partial charge in [0.05, 0.1) is 0 Å². The summed E-state index contributed by atoms with van der Waals surface area (Å²) in [6.45, 7) is 10.7. The van der Waals surface area contributed by atoms with Gasteiger partial charge in [0, 0.05) is 5.56 Å². The average molecular weight is 222 g/mol. The van der Waals surface area contributed by atoms with Crippen LogP contribution in [-0.4, -0.2) is 10.2 Å². The Labute approximate surface area is 97.9 Å². The third-order valence-corrected chi connectivity index (χ3v) is 2.68. The second-order valence-electron chi connectivity index (χ2n) is 6.32. The molecule has 0 saturated heterocycles. The summed E-state index contributed by atoms with van der Waals surface area (Å²) in [6, 6.07) is 4.71. The van der Waals surface area contributed by atoms with E-state index in [0.717, 1.165) is 12.0 Å². The average Bonchev–Trinajstić information content (AvgIpc) is 2.04. The fourth-order valence-electron chi connectivity index (χ4n) is 2.49. The van der Waals surface area contributed by atoms with E-state index in [2.05, 4.69) is 34.6 Å². The molecule has 0 aliphatic rings. The molecule has 2 heteroatoms. The molecule has 0 aliphatic carbocycles. The van der Waals surface area contributed by atoms with Gasteiger partial charge in [-0.25, -0.2) is 0 Å². The van der Waals surface area contributed by atoms with Crippen LogP contribution in [0.15, 0.2) is 18.2 Å². The van der Waals surface area contributed by atoms with E-state index >= 15 is 0 Å². The maximum atomic E-state index is 9.86. The Bertz CT molecular complexity index is 373. The highest BCUT2D eigenvalue weighted by atomic mass is 16.3. The summed E-state index contributed by atoms with van der Waals surface area (Å²) < 4.78 is 0. The highest BCUT2D eigenvalue weighted by molar-refractivity contribution is 5.43. The molecular weight excluding hydrogens is 200 g/mol. The van der Waals surface area contributed by atoms with Crippen molar-refractivity contribution < 1.29 is 10.2 Å². The summed E-state index contributed by atoms with van der Waals surface area (Å²) in [5, 5.41) is 19.3. The van der Waals surface area contributed by atoms with Gasteiger partial charge < -0.3 is 10.2 Å². The summed E-state index contributed by atoms with van der Waals surface area (Å²) >= 11 is 0. The lowest BCUT2D eigenvalue weighted by Gasteiger charge is -2.33. The highest BCUT2D eigenvalue weighted by Crippen LogP contribution is 2.40. The van der Waals surface area contributed by atoms with Gasteiger partial charge in [-0.1, -0.05) is 34.6 Å². The van der Waals surface area contributed by atoms with Crippen molar-refractivity contribution in [3.8, 4) is 11.5 Å². The van der Waals surface area contributed by atoms with Gasteiger partial charge in [0.2, 0.25) is 0 Å². The number of phenolic OH excluding ortho intramolecular Hbond substituents is 2. The van der Waals surface area contributed by atoms with Crippen LogP contribution in [0.4, 0.5) is 0 Å². The van der Waals surface area contributed by atoms with Gasteiger partial charge in [-0.15, -0.1) is 0 Å². The highest BCUT2D eigenvalue weighted by Gasteiger charge is 2.29. The van der Waals surface area contributed by atoms with E-state index < -0.39 is 0 Å². The first-order valence-electron chi connectivity index (χ1n) is 5.64. The van der Waals surface area contributed by atoms with Crippen LogP contribution in [0, 0.1) is 5.41 Å². The standard InChI is InChI=1S/C14H22O2/c1-13(2,3)9-14(4,5)11-8-10(15)6-7-12(11)16/h6-8,15-16H,9H2,1-5H3. The molecule has 0 atom stereocenters. The van der Waals surface area contributed by atoms with Crippen molar-refractivity contribution in [2.24, 2.45) is 5.41 Å². The molecule has 0 amide bonds. The van der Waals surface area contributed by atoms with Gasteiger partial charge >= 0.3 is 0 Å². The molecule has 90 valence electrons. The molecule has 0 aromatic heterocycles. The first kappa shape index (κ1) is 12.9. The lowest BCUT2D eigenvalue weighted by Crippen LogP contribution is -2.24. The van der Waals surface area contributed by atoms with Gasteiger partial charge in [0.15, 0.2) is 0 Å². The number of phenols is 2. The fourth-order valence-corrected chi connectivity index (χ4v) is 2.49. The largest absolute Gasteiger partial charge is 0.508 e. The van der Waals surface area contributed by atoms with E-state index in [9.17, 15) is 10.2 Å². The van der Waals surface area contributed by atoms with Crippen LogP contribution >= 0.6 is 0 Å². The fraction of sp³-hybridized carbons (Fsp3) is 0.571. The van der Waals surface area contributed by atoms with Gasteiger partial charge in [0.25, 0.3) is 0 Å². The van der Waals surface area contributed by atoms with Crippen LogP contribution in [0.3, 0.4) is 0 Å². The number of benzene rings is 1. The Morgan fingerprint density at radius 1 is 1.00 bits per heavy atom. The predicted molar refractivity (Wildman–Crippen MR) is 66.9 cm³/mol. The molecule has 1 aromatic rings. The van der Waals surface area contributed by atoms with Crippen LogP contribution in [-0.2, 0) is 5.41 Å². The van der Waals surface area contributed by atoms with Crippen LogP contribution in [0.1, 0.15) is 46.6 Å². The zero-order chi connectivity index (χ0) is 12.6. The normalized spacial score (nSPS) is 12.8. The molecule has 2 nitrogen and oxygen atoms in total. The minimum absolute atomic E-state index is 0.152. The van der Waals surface area contributed by atoms with E-state index in [1.165, 1.54) is 6.07 Å². The molecule has 16 heavy (non-hydrogen) atoms. The molecule has 0 spiro atoms. The maximum absolute atomic E-state index is 9.86. The minimum atomic E-state index is -0.152. The summed E-state index contributed by atoms with van der Waals surface area (Å²) in [7, 11) is 0. The molecule has 0 bridgehead atoms. The summed E-state index contributed by atoms with van der Waals surface area (Å²) in [5.41, 5.74) is 0.838. The van der Waals surface area contributed by atoms with Crippen LogP contribution in [0.5, 0.6) is 11.5 Å². The molecule has 0 heterocycles. The van der Waals surface area contributed by atoms with Crippen molar-refractivity contribution in [1.29, 1.82) is 0 Å². The third-order valence-electron chi connectivity index (χ3n) is 2.68. The van der Waals surface area contributed by atoms with Gasteiger partial charge in [-0.3, -0.25) is 0 Å². The van der Waals surface area contributed by atoms with E-state index in [1.807, 2.05) is 0 Å². The second-order valence-corrected chi connectivity index (χ2v) is 6.32. The SMILES string of the molecule is CC(C)(C)CC(C)(C)c1cc(O)ccc1O. The quantitative estimate of drug-likeness (QED) is 0.747. The zero-order valence-corrected chi connectivity index (χ0v) is 10.8. The van der Waals surface area contributed by atoms with E-state index in [4.69, 9.17) is 0 Å². The summed E-state index contributed by atoms with van der Waals surface area (Å²) in [5.74, 6) is 0.460. The van der Waals surface area contributed by atoms with Crippen molar-refractivity contribution >= 4 is 0 Å². The summed E-state index contributed by atoms with van der Waals surface area (Å²) in [4.78, 5) is 0. The van der Waals surface area contributed by atoms with E-state index in [0.29, 0.717) is 0 Å².